The molecule has 0 amide bonds. The summed E-state index contributed by atoms with van der Waals surface area (Å²) >= 11 is 0. The van der Waals surface area contributed by atoms with Crippen molar-refractivity contribution in [3.8, 4) is 0 Å². The maximum absolute atomic E-state index is 2.48. The van der Waals surface area contributed by atoms with Gasteiger partial charge in [0.05, 0.1) is 0 Å². The minimum Gasteiger partial charge on any atom is -0.0654 e. The fourth-order valence-electron chi connectivity index (χ4n) is 6.07. The van der Waals surface area contributed by atoms with Crippen molar-refractivity contribution in [1.29, 1.82) is 0 Å². The normalized spacial score (nSPS) is 29.1. The lowest BCUT2D eigenvalue weighted by atomic mass is 9.68. The van der Waals surface area contributed by atoms with E-state index in [0.29, 0.717) is 0 Å². The fraction of sp³-hybridized carbons (Fsp3) is 0.630. The lowest BCUT2D eigenvalue weighted by Crippen LogP contribution is -2.25. The summed E-state index contributed by atoms with van der Waals surface area (Å²) in [5, 5.41) is 2.84. The van der Waals surface area contributed by atoms with E-state index in [2.05, 4.69) is 50.2 Å². The van der Waals surface area contributed by atoms with E-state index in [-0.39, 0.29) is 0 Å². The van der Waals surface area contributed by atoms with Crippen molar-refractivity contribution in [3.63, 3.8) is 0 Å². The SMILES string of the molecule is CCCC1CCC(C2CCC(c3ccc4cc(CC)ccc4c3)CC2)CC1. The predicted octanol–water partition coefficient (Wildman–Crippen LogP) is 8.28. The van der Waals surface area contributed by atoms with Gasteiger partial charge in [-0.05, 0) is 90.5 Å². The van der Waals surface area contributed by atoms with Gasteiger partial charge in [-0.3, -0.25) is 0 Å². The molecule has 2 saturated carbocycles. The van der Waals surface area contributed by atoms with Gasteiger partial charge in [0.1, 0.15) is 0 Å². The second-order valence-corrected chi connectivity index (χ2v) is 9.48. The van der Waals surface area contributed by atoms with Crippen molar-refractivity contribution >= 4 is 10.8 Å². The van der Waals surface area contributed by atoms with Gasteiger partial charge in [-0.2, -0.15) is 0 Å². The zero-order valence-corrected chi connectivity index (χ0v) is 17.6. The van der Waals surface area contributed by atoms with E-state index in [1.807, 2.05) is 0 Å². The summed E-state index contributed by atoms with van der Waals surface area (Å²) < 4.78 is 0. The van der Waals surface area contributed by atoms with Gasteiger partial charge < -0.3 is 0 Å². The van der Waals surface area contributed by atoms with E-state index < -0.39 is 0 Å². The van der Waals surface area contributed by atoms with Crippen molar-refractivity contribution in [3.05, 3.63) is 47.5 Å². The van der Waals surface area contributed by atoms with Gasteiger partial charge in [-0.25, -0.2) is 0 Å². The Morgan fingerprint density at radius 2 is 1.33 bits per heavy atom. The Bertz CT molecular complexity index is 727. The number of benzene rings is 2. The van der Waals surface area contributed by atoms with Crippen LogP contribution in [0, 0.1) is 17.8 Å². The van der Waals surface area contributed by atoms with E-state index >= 15 is 0 Å². The van der Waals surface area contributed by atoms with Crippen LogP contribution in [0.4, 0.5) is 0 Å². The lowest BCUT2D eigenvalue weighted by molar-refractivity contribution is 0.156. The Morgan fingerprint density at radius 3 is 2.00 bits per heavy atom. The van der Waals surface area contributed by atoms with Crippen LogP contribution in [0.25, 0.3) is 10.8 Å². The minimum atomic E-state index is 0.799. The van der Waals surface area contributed by atoms with E-state index in [4.69, 9.17) is 0 Å². The van der Waals surface area contributed by atoms with Gasteiger partial charge in [0.2, 0.25) is 0 Å². The van der Waals surface area contributed by atoms with E-state index in [0.717, 1.165) is 30.1 Å². The molecule has 0 N–H and O–H groups in total. The maximum atomic E-state index is 2.48. The molecule has 0 spiro atoms. The fourth-order valence-corrected chi connectivity index (χ4v) is 6.07. The monoisotopic (exact) mass is 362 g/mol. The number of hydrogen-bond acceptors (Lipinski definition) is 0. The first-order chi connectivity index (χ1) is 13.3. The minimum absolute atomic E-state index is 0.799. The Balaban J connectivity index is 1.34. The molecule has 0 heteroatoms. The summed E-state index contributed by atoms with van der Waals surface area (Å²) in [5.74, 6) is 3.92. The second kappa shape index (κ2) is 8.80. The largest absolute Gasteiger partial charge is 0.0654 e. The summed E-state index contributed by atoms with van der Waals surface area (Å²) in [5.41, 5.74) is 3.04. The van der Waals surface area contributed by atoms with Crippen LogP contribution in [0.2, 0.25) is 0 Å². The third-order valence-electron chi connectivity index (χ3n) is 7.84. The molecule has 2 aromatic carbocycles. The maximum Gasteiger partial charge on any atom is -0.0162 e. The first-order valence-electron chi connectivity index (χ1n) is 11.8. The van der Waals surface area contributed by atoms with Gasteiger partial charge >= 0.3 is 0 Å². The standard InChI is InChI=1S/C27H38/c1-3-5-21-7-9-22(10-8-21)23-12-14-24(15-13-23)26-17-16-25-18-20(4-2)6-11-27(25)19-26/h6,11,16-19,21-24H,3-5,7-10,12-15H2,1-2H3. The van der Waals surface area contributed by atoms with Crippen molar-refractivity contribution in [2.24, 2.45) is 17.8 Å². The molecule has 0 heterocycles. The quantitative estimate of drug-likeness (QED) is 0.502. The average Bonchev–Trinajstić information content (AvgIpc) is 2.74. The van der Waals surface area contributed by atoms with E-state index in [9.17, 15) is 0 Å². The molecule has 0 unspecified atom stereocenters. The first kappa shape index (κ1) is 19.0. The molecule has 2 aliphatic carbocycles. The molecule has 2 fully saturated rings. The van der Waals surface area contributed by atoms with Gasteiger partial charge in [0.15, 0.2) is 0 Å². The highest BCUT2D eigenvalue weighted by Crippen LogP contribution is 2.44. The second-order valence-electron chi connectivity index (χ2n) is 9.48. The van der Waals surface area contributed by atoms with Crippen LogP contribution in [0.1, 0.15) is 95.1 Å². The van der Waals surface area contributed by atoms with Crippen LogP contribution < -0.4 is 0 Å². The number of hydrogen-bond donors (Lipinski definition) is 0. The lowest BCUT2D eigenvalue weighted by Gasteiger charge is -2.38. The van der Waals surface area contributed by atoms with Crippen LogP contribution in [-0.4, -0.2) is 0 Å². The molecule has 0 saturated heterocycles. The topological polar surface area (TPSA) is 0 Å². The Kier molecular flexibility index (Phi) is 6.21. The van der Waals surface area contributed by atoms with Crippen LogP contribution in [0.3, 0.4) is 0 Å². The predicted molar refractivity (Wildman–Crippen MR) is 118 cm³/mol. The van der Waals surface area contributed by atoms with Crippen LogP contribution in [0.15, 0.2) is 36.4 Å². The number of aryl methyl sites for hydroxylation is 1. The molecule has 4 rings (SSSR count). The third-order valence-corrected chi connectivity index (χ3v) is 7.84. The zero-order chi connectivity index (χ0) is 18.6. The summed E-state index contributed by atoms with van der Waals surface area (Å²) in [4.78, 5) is 0. The van der Waals surface area contributed by atoms with Gasteiger partial charge in [-0.1, -0.05) is 75.9 Å². The molecule has 2 aromatic rings. The Morgan fingerprint density at radius 1 is 0.704 bits per heavy atom. The first-order valence-corrected chi connectivity index (χ1v) is 11.8. The van der Waals surface area contributed by atoms with Crippen LogP contribution >= 0.6 is 0 Å². The van der Waals surface area contributed by atoms with Crippen molar-refractivity contribution in [2.45, 2.75) is 90.4 Å². The van der Waals surface area contributed by atoms with Gasteiger partial charge in [0.25, 0.3) is 0 Å². The van der Waals surface area contributed by atoms with Crippen molar-refractivity contribution in [1.82, 2.24) is 0 Å². The molecular formula is C27H38. The molecule has 27 heavy (non-hydrogen) atoms. The van der Waals surface area contributed by atoms with Gasteiger partial charge in [0, 0.05) is 0 Å². The van der Waals surface area contributed by atoms with Gasteiger partial charge in [-0.15, -0.1) is 0 Å². The van der Waals surface area contributed by atoms with Crippen LogP contribution in [0.5, 0.6) is 0 Å². The molecular weight excluding hydrogens is 324 g/mol. The van der Waals surface area contributed by atoms with Crippen molar-refractivity contribution < 1.29 is 0 Å². The Hall–Kier alpha value is -1.30. The average molecular weight is 363 g/mol. The molecule has 0 aliphatic heterocycles. The molecule has 146 valence electrons. The number of rotatable bonds is 5. The molecule has 0 atom stereocenters. The Labute approximate surface area is 166 Å². The van der Waals surface area contributed by atoms with Crippen molar-refractivity contribution in [2.75, 3.05) is 0 Å². The molecule has 0 radical (unpaired) electrons. The van der Waals surface area contributed by atoms with Crippen LogP contribution in [-0.2, 0) is 6.42 Å². The summed E-state index contributed by atoms with van der Waals surface area (Å²) in [7, 11) is 0. The molecule has 0 aromatic heterocycles. The summed E-state index contributed by atoms with van der Waals surface area (Å²) in [6.07, 6.45) is 15.8. The highest BCUT2D eigenvalue weighted by molar-refractivity contribution is 5.84. The molecule has 2 aliphatic rings. The summed E-state index contributed by atoms with van der Waals surface area (Å²) in [6.45, 7) is 4.59. The molecule has 0 bridgehead atoms. The van der Waals surface area contributed by atoms with E-state index in [1.54, 1.807) is 5.56 Å². The van der Waals surface area contributed by atoms with E-state index in [1.165, 1.54) is 80.5 Å². The highest BCUT2D eigenvalue weighted by Gasteiger charge is 2.31. The molecule has 0 nitrogen and oxygen atoms in total. The zero-order valence-electron chi connectivity index (χ0n) is 17.6. The smallest absolute Gasteiger partial charge is 0.0162 e. The highest BCUT2D eigenvalue weighted by atomic mass is 14.4. The summed E-state index contributed by atoms with van der Waals surface area (Å²) in [6, 6.07) is 14.3. The third kappa shape index (κ3) is 4.41. The number of fused-ring (bicyclic) bond motifs is 1.